The van der Waals surface area contributed by atoms with Gasteiger partial charge in [0.15, 0.2) is 45.2 Å². The molecule has 0 unspecified atom stereocenters. The number of ether oxygens (including phenoxy) is 5. The molecule has 308 valence electrons. The quantitative estimate of drug-likeness (QED) is 0.0478. The molecule has 0 radical (unpaired) electrons. The van der Waals surface area contributed by atoms with Gasteiger partial charge in [0.05, 0.1) is 32.5 Å². The van der Waals surface area contributed by atoms with Crippen LogP contribution in [0.5, 0.6) is 0 Å². The molecule has 6 rings (SSSR count). The molecular weight excluding hydrogens is 782 g/mol. The number of hydrogen-bond donors (Lipinski definition) is 5. The number of nitrogens with zero attached hydrogens (tertiary/aromatic N) is 8. The van der Waals surface area contributed by atoms with Crippen molar-refractivity contribution in [1.29, 1.82) is 0 Å². The van der Waals surface area contributed by atoms with Gasteiger partial charge in [-0.2, -0.15) is 28.7 Å². The summed E-state index contributed by atoms with van der Waals surface area (Å²) < 4.78 is 55.3. The molecule has 57 heavy (non-hydrogen) atoms. The van der Waals surface area contributed by atoms with Gasteiger partial charge in [0.2, 0.25) is 0 Å². The summed E-state index contributed by atoms with van der Waals surface area (Å²) in [5.41, 5.74) is 8.04. The van der Waals surface area contributed by atoms with Crippen LogP contribution in [0.1, 0.15) is 64.8 Å². The highest BCUT2D eigenvalue weighted by Crippen LogP contribution is 2.39. The molecule has 0 amide bonds. The molecule has 4 aromatic rings. The Balaban J connectivity index is 0.000000218. The number of aliphatic hydroxyl groups excluding tert-OH is 3. The summed E-state index contributed by atoms with van der Waals surface area (Å²) in [7, 11) is 0. The third-order valence-corrected chi connectivity index (χ3v) is 8.75. The van der Waals surface area contributed by atoms with E-state index in [9.17, 15) is 33.7 Å². The summed E-state index contributed by atoms with van der Waals surface area (Å²) in [6.45, 7) is 3.68. The molecule has 0 bridgehead atoms. The van der Waals surface area contributed by atoms with Crippen LogP contribution < -0.4 is 11.5 Å². The van der Waals surface area contributed by atoms with Crippen molar-refractivity contribution in [3.05, 3.63) is 24.8 Å². The van der Waals surface area contributed by atoms with Crippen molar-refractivity contribution < 1.29 is 57.4 Å². The number of terminal acetylenes is 2. The van der Waals surface area contributed by atoms with E-state index in [1.807, 2.05) is 13.8 Å². The molecule has 4 aromatic heterocycles. The molecule has 6 heterocycles. The van der Waals surface area contributed by atoms with Crippen molar-refractivity contribution in [3.8, 4) is 24.7 Å². The molecule has 2 aliphatic rings. The largest absolute Gasteiger partial charge is 0.508 e. The highest BCUT2D eigenvalue weighted by Gasteiger charge is 2.50. The first-order chi connectivity index (χ1) is 27.2. The smallest absolute Gasteiger partial charge is 0.454 e. The minimum Gasteiger partial charge on any atom is -0.454 e. The van der Waals surface area contributed by atoms with Crippen molar-refractivity contribution in [2.45, 2.75) is 88.2 Å². The number of aliphatic hydroxyl groups is 3. The molecule has 2 fully saturated rings. The molecule has 7 N–H and O–H groups in total. The Morgan fingerprint density at radius 3 is 1.74 bits per heavy atom. The zero-order chi connectivity index (χ0) is 41.9. The van der Waals surface area contributed by atoms with Gasteiger partial charge < -0.3 is 50.5 Å². The predicted molar refractivity (Wildman–Crippen MR) is 195 cm³/mol. The topological polar surface area (TPSA) is 280 Å². The van der Waals surface area contributed by atoms with Crippen molar-refractivity contribution in [2.75, 3.05) is 37.9 Å². The number of anilines is 2. The number of unbranched alkanes of at least 4 members (excludes halogenated alkanes) is 2. The van der Waals surface area contributed by atoms with E-state index in [4.69, 9.17) is 54.9 Å². The van der Waals surface area contributed by atoms with Crippen LogP contribution in [0.25, 0.3) is 22.3 Å². The lowest BCUT2D eigenvalue weighted by Crippen LogP contribution is -2.43. The maximum Gasteiger partial charge on any atom is 0.508 e. The lowest BCUT2D eigenvalue weighted by atomic mass is 9.99. The number of fused-ring (bicyclic) bond motifs is 2. The normalized spacial score (nSPS) is 23.8. The van der Waals surface area contributed by atoms with Crippen molar-refractivity contribution in [2.24, 2.45) is 0 Å². The first-order valence-electron chi connectivity index (χ1n) is 17.4. The average Bonchev–Trinajstić information content (AvgIpc) is 3.95. The Bertz CT molecular complexity index is 2110. The molecule has 0 saturated carbocycles. The van der Waals surface area contributed by atoms with E-state index in [0.29, 0.717) is 13.0 Å². The third-order valence-electron chi connectivity index (χ3n) is 8.64. The zero-order valence-corrected chi connectivity index (χ0v) is 31.5. The summed E-state index contributed by atoms with van der Waals surface area (Å²) in [6, 6.07) is 0. The second-order valence-corrected chi connectivity index (χ2v) is 12.8. The van der Waals surface area contributed by atoms with Gasteiger partial charge in [-0.05, 0) is 12.8 Å². The zero-order valence-electron chi connectivity index (χ0n) is 30.8. The Morgan fingerprint density at radius 1 is 0.860 bits per heavy atom. The molecule has 2 aliphatic heterocycles. The van der Waals surface area contributed by atoms with Gasteiger partial charge in [-0.1, -0.05) is 38.5 Å². The Morgan fingerprint density at radius 2 is 1.32 bits per heavy atom. The van der Waals surface area contributed by atoms with E-state index in [0.717, 1.165) is 19.3 Å². The van der Waals surface area contributed by atoms with E-state index < -0.39 is 72.8 Å². The van der Waals surface area contributed by atoms with Crippen LogP contribution >= 0.6 is 11.6 Å². The van der Waals surface area contributed by atoms with E-state index in [1.165, 1.54) is 21.8 Å². The van der Waals surface area contributed by atoms with E-state index >= 15 is 0 Å². The average molecular weight is 823 g/mol. The molecular formula is C34H41ClF2N10O10. The van der Waals surface area contributed by atoms with Gasteiger partial charge in [0.25, 0.3) is 0 Å². The van der Waals surface area contributed by atoms with Crippen LogP contribution in [0.15, 0.2) is 12.7 Å². The fourth-order valence-corrected chi connectivity index (χ4v) is 5.59. The number of carbonyl (C=O) groups excluding carboxylic acids is 2. The van der Waals surface area contributed by atoms with Gasteiger partial charge in [-0.3, -0.25) is 9.13 Å². The number of aromatic nitrogens is 8. The van der Waals surface area contributed by atoms with E-state index in [-0.39, 0.29) is 53.4 Å². The highest BCUT2D eigenvalue weighted by molar-refractivity contribution is 6.61. The van der Waals surface area contributed by atoms with Gasteiger partial charge in [-0.25, -0.2) is 19.6 Å². The fourth-order valence-electron chi connectivity index (χ4n) is 5.51. The SMILES string of the molecule is C#C[C@]1(CO)O[C@@H](n2cnc3c(N)nc(F)nc32)C[C@@H]1O.C#C[C@]1(COC(=O)OCCCC)O[C@@H](n2cnc3c(N)nc(F)nc32)C[C@@H]1O.CCCCOC(=O)Cl. The number of nitrogens with two attached hydrogens (primary N) is 2. The Labute approximate surface area is 328 Å². The van der Waals surface area contributed by atoms with E-state index in [2.05, 4.69) is 46.5 Å². The molecule has 0 aliphatic carbocycles. The number of nitrogen functional groups attached to an aromatic ring is 2. The number of hydrogen-bond acceptors (Lipinski definition) is 18. The van der Waals surface area contributed by atoms with Crippen LogP contribution in [0.3, 0.4) is 0 Å². The van der Waals surface area contributed by atoms with Crippen LogP contribution in [-0.2, 0) is 23.7 Å². The van der Waals surface area contributed by atoms with E-state index in [1.54, 1.807) is 0 Å². The molecule has 0 spiro atoms. The van der Waals surface area contributed by atoms with Crippen LogP contribution in [0.4, 0.5) is 30.0 Å². The summed E-state index contributed by atoms with van der Waals surface area (Å²) >= 11 is 4.85. The van der Waals surface area contributed by atoms with Gasteiger partial charge in [-0.15, -0.1) is 12.8 Å². The fraction of sp³-hybridized carbons (Fsp3) is 0.529. The molecule has 23 heteroatoms. The number of rotatable bonds is 11. The van der Waals surface area contributed by atoms with Crippen LogP contribution in [0, 0.1) is 36.8 Å². The first-order valence-corrected chi connectivity index (χ1v) is 17.8. The number of imidazole rings is 2. The van der Waals surface area contributed by atoms with Crippen LogP contribution in [-0.4, -0.2) is 116 Å². The summed E-state index contributed by atoms with van der Waals surface area (Å²) in [5, 5.41) is 29.8. The maximum atomic E-state index is 13.5. The first kappa shape index (κ1) is 44.2. The second-order valence-electron chi connectivity index (χ2n) is 12.5. The molecule has 6 atom stereocenters. The summed E-state index contributed by atoms with van der Waals surface area (Å²) in [4.78, 5) is 43.7. The molecule has 0 aromatic carbocycles. The maximum absolute atomic E-state index is 13.5. The minimum absolute atomic E-state index is 0.0371. The molecule has 20 nitrogen and oxygen atoms in total. The van der Waals surface area contributed by atoms with Gasteiger partial charge in [0.1, 0.15) is 31.3 Å². The van der Waals surface area contributed by atoms with Crippen molar-refractivity contribution >= 4 is 57.1 Å². The van der Waals surface area contributed by atoms with Gasteiger partial charge >= 0.3 is 23.7 Å². The number of halogens is 3. The second kappa shape index (κ2) is 19.6. The Hall–Kier alpha value is -5.49. The summed E-state index contributed by atoms with van der Waals surface area (Å²) in [6.07, 6.45) is 10.4. The van der Waals surface area contributed by atoms with Crippen molar-refractivity contribution in [1.82, 2.24) is 39.0 Å². The third kappa shape index (κ3) is 10.3. The predicted octanol–water partition coefficient (Wildman–Crippen LogP) is 2.51. The summed E-state index contributed by atoms with van der Waals surface area (Å²) in [5.74, 6) is 4.37. The van der Waals surface area contributed by atoms with Gasteiger partial charge in [0, 0.05) is 24.4 Å². The standard InChI is InChI=1S/C17H20FN5O5.C12H12FN5O3.C5H9ClO2/c1-3-5-6-26-16(25)27-8-17(4-2)10(24)7-11(28-17)23-9-20-12-13(19)21-15(18)22-14(12)23;1-2-12(4-19)6(20)3-7(21-12)18-5-15-8-9(14)16-11(13)17-10(8)18;1-2-3-4-8-5(6)7/h2,9-11,24H,3,5-8H2,1H3,(H2,19,21,22);1,5-7,19-20H,3-4H2,(H2,14,16,17);2-4H2,1H3/t10-,11+,17+;6-,7+,12+;/m00./s1. The monoisotopic (exact) mass is 822 g/mol. The number of carbonyl (C=O) groups is 2. The molecule has 2 saturated heterocycles. The van der Waals surface area contributed by atoms with Crippen molar-refractivity contribution in [3.63, 3.8) is 0 Å². The Kier molecular flexibility index (Phi) is 15.2. The van der Waals surface area contributed by atoms with Crippen LogP contribution in [0.2, 0.25) is 0 Å². The highest BCUT2D eigenvalue weighted by atomic mass is 35.5. The lowest BCUT2D eigenvalue weighted by Gasteiger charge is -2.25. The lowest BCUT2D eigenvalue weighted by molar-refractivity contribution is -0.0980. The minimum atomic E-state index is -1.60.